The van der Waals surface area contributed by atoms with Gasteiger partial charge in [-0.2, -0.15) is 0 Å². The second-order valence-corrected chi connectivity index (χ2v) is 4.30. The van der Waals surface area contributed by atoms with E-state index in [1.165, 1.54) is 0 Å². The number of nitrogens with two attached hydrogens (primary N) is 1. The number of hydrogen-bond acceptors (Lipinski definition) is 4. The van der Waals surface area contributed by atoms with Crippen molar-refractivity contribution < 1.29 is 14.3 Å². The molecule has 1 aliphatic rings. The number of hydrogen-bond donors (Lipinski definition) is 2. The lowest BCUT2D eigenvalue weighted by atomic mass is 10.0. The lowest BCUT2D eigenvalue weighted by Gasteiger charge is -2.21. The molecule has 0 saturated carbocycles. The number of carbonyl (C=O) groups excluding carboxylic acids is 1. The second kappa shape index (κ2) is 6.83. The molecule has 0 radical (unpaired) electrons. The number of carbonyl (C=O) groups is 1. The van der Waals surface area contributed by atoms with Crippen molar-refractivity contribution in [3.63, 3.8) is 0 Å². The Kier molecular flexibility index (Phi) is 5.73. The van der Waals surface area contributed by atoms with Crippen molar-refractivity contribution in [3.05, 3.63) is 0 Å². The summed E-state index contributed by atoms with van der Waals surface area (Å²) in [4.78, 5) is 11.9. The maximum Gasteiger partial charge on any atom is 0.249 e. The molecule has 1 amide bonds. The second-order valence-electron chi connectivity index (χ2n) is 4.30. The first-order valence-corrected chi connectivity index (χ1v) is 5.80. The van der Waals surface area contributed by atoms with Gasteiger partial charge < -0.3 is 20.5 Å². The van der Waals surface area contributed by atoms with Crippen molar-refractivity contribution in [2.45, 2.75) is 31.9 Å². The lowest BCUT2D eigenvalue weighted by Crippen LogP contribution is -2.45. The number of nitrogens with one attached hydrogen (secondary N) is 1. The van der Waals surface area contributed by atoms with Crippen LogP contribution in [0.25, 0.3) is 0 Å². The average Bonchev–Trinajstić information content (AvgIpc) is 2.65. The summed E-state index contributed by atoms with van der Waals surface area (Å²) >= 11 is 0. The minimum atomic E-state index is -0.308. The molecule has 0 aromatic rings. The van der Waals surface area contributed by atoms with E-state index in [2.05, 4.69) is 5.32 Å². The van der Waals surface area contributed by atoms with Gasteiger partial charge in [0.05, 0.1) is 12.6 Å². The van der Waals surface area contributed by atoms with Crippen molar-refractivity contribution in [1.29, 1.82) is 0 Å². The molecule has 3 atom stereocenters. The monoisotopic (exact) mass is 230 g/mol. The molecule has 5 nitrogen and oxygen atoms in total. The Morgan fingerprint density at radius 3 is 2.94 bits per heavy atom. The first kappa shape index (κ1) is 13.4. The number of ether oxygens (including phenoxy) is 2. The first-order chi connectivity index (χ1) is 7.69. The molecule has 5 heteroatoms. The molecule has 0 aromatic heterocycles. The highest BCUT2D eigenvalue weighted by Crippen LogP contribution is 2.20. The molecule has 1 fully saturated rings. The van der Waals surface area contributed by atoms with Gasteiger partial charge in [-0.3, -0.25) is 4.79 Å². The Hall–Kier alpha value is -0.650. The Morgan fingerprint density at radius 2 is 2.44 bits per heavy atom. The number of amides is 1. The quantitative estimate of drug-likeness (QED) is 0.668. The number of methoxy groups -OCH3 is 1. The summed E-state index contributed by atoms with van der Waals surface area (Å²) in [5.74, 6) is 0.251. The molecule has 94 valence electrons. The van der Waals surface area contributed by atoms with E-state index in [-0.39, 0.29) is 18.1 Å². The standard InChI is InChI=1S/C11H22N2O3/c1-8-4-6-16-10(8)11(14)13-9(3-5-12)7-15-2/h8-10H,3-7,12H2,1-2H3,(H,13,14). The van der Waals surface area contributed by atoms with Gasteiger partial charge in [0.15, 0.2) is 0 Å². The van der Waals surface area contributed by atoms with Crippen molar-refractivity contribution in [2.75, 3.05) is 26.9 Å². The molecule has 16 heavy (non-hydrogen) atoms. The fourth-order valence-corrected chi connectivity index (χ4v) is 1.91. The molecular formula is C11H22N2O3. The van der Waals surface area contributed by atoms with Gasteiger partial charge in [0, 0.05) is 13.7 Å². The van der Waals surface area contributed by atoms with Crippen LogP contribution in [0.1, 0.15) is 19.8 Å². The third-order valence-corrected chi connectivity index (χ3v) is 2.88. The van der Waals surface area contributed by atoms with Gasteiger partial charge in [-0.1, -0.05) is 6.92 Å². The van der Waals surface area contributed by atoms with Crippen molar-refractivity contribution >= 4 is 5.91 Å². The zero-order valence-corrected chi connectivity index (χ0v) is 10.1. The molecule has 0 spiro atoms. The smallest absolute Gasteiger partial charge is 0.249 e. The van der Waals surface area contributed by atoms with E-state index in [9.17, 15) is 4.79 Å². The summed E-state index contributed by atoms with van der Waals surface area (Å²) in [6, 6.07) is -0.0149. The molecule has 3 unspecified atom stereocenters. The first-order valence-electron chi connectivity index (χ1n) is 5.80. The van der Waals surface area contributed by atoms with Crippen LogP contribution >= 0.6 is 0 Å². The van der Waals surface area contributed by atoms with Gasteiger partial charge in [0.1, 0.15) is 6.10 Å². The molecule has 0 aromatic carbocycles. The third kappa shape index (κ3) is 3.73. The van der Waals surface area contributed by atoms with Crippen molar-refractivity contribution in [2.24, 2.45) is 11.7 Å². The van der Waals surface area contributed by atoms with Crippen LogP contribution in [-0.2, 0) is 14.3 Å². The Balaban J connectivity index is 2.40. The van der Waals surface area contributed by atoms with E-state index in [0.717, 1.165) is 12.8 Å². The van der Waals surface area contributed by atoms with Gasteiger partial charge in [-0.15, -0.1) is 0 Å². The fourth-order valence-electron chi connectivity index (χ4n) is 1.91. The van der Waals surface area contributed by atoms with Crippen molar-refractivity contribution in [1.82, 2.24) is 5.32 Å². The van der Waals surface area contributed by atoms with Gasteiger partial charge >= 0.3 is 0 Å². The fraction of sp³-hybridized carbons (Fsp3) is 0.909. The molecule has 1 heterocycles. The molecule has 1 aliphatic heterocycles. The van der Waals surface area contributed by atoms with Crippen LogP contribution in [-0.4, -0.2) is 44.9 Å². The lowest BCUT2D eigenvalue weighted by molar-refractivity contribution is -0.132. The van der Waals surface area contributed by atoms with E-state index in [0.29, 0.717) is 25.7 Å². The van der Waals surface area contributed by atoms with Crippen LogP contribution in [0.5, 0.6) is 0 Å². The van der Waals surface area contributed by atoms with Gasteiger partial charge in [0.2, 0.25) is 5.91 Å². The van der Waals surface area contributed by atoms with Gasteiger partial charge in [0.25, 0.3) is 0 Å². The highest BCUT2D eigenvalue weighted by atomic mass is 16.5. The number of rotatable bonds is 6. The van der Waals surface area contributed by atoms with Crippen molar-refractivity contribution in [3.8, 4) is 0 Å². The summed E-state index contributed by atoms with van der Waals surface area (Å²) in [6.45, 7) is 3.73. The van der Waals surface area contributed by atoms with Gasteiger partial charge in [-0.25, -0.2) is 0 Å². The summed E-state index contributed by atoms with van der Waals surface area (Å²) in [5, 5.41) is 2.92. The van der Waals surface area contributed by atoms with Crippen LogP contribution in [0, 0.1) is 5.92 Å². The average molecular weight is 230 g/mol. The minimum absolute atomic E-state index is 0.0149. The van der Waals surface area contributed by atoms with E-state index >= 15 is 0 Å². The van der Waals surface area contributed by atoms with E-state index < -0.39 is 0 Å². The summed E-state index contributed by atoms with van der Waals surface area (Å²) in [5.41, 5.74) is 5.48. The topological polar surface area (TPSA) is 73.6 Å². The predicted octanol–water partition coefficient (Wildman–Crippen LogP) is -0.109. The van der Waals surface area contributed by atoms with Crippen LogP contribution in [0.2, 0.25) is 0 Å². The van der Waals surface area contributed by atoms with Crippen LogP contribution in [0.3, 0.4) is 0 Å². The molecule has 0 bridgehead atoms. The van der Waals surface area contributed by atoms with Gasteiger partial charge in [-0.05, 0) is 25.3 Å². The molecule has 1 saturated heterocycles. The van der Waals surface area contributed by atoms with Crippen LogP contribution < -0.4 is 11.1 Å². The van der Waals surface area contributed by atoms with Crippen LogP contribution in [0.4, 0.5) is 0 Å². The largest absolute Gasteiger partial charge is 0.383 e. The van der Waals surface area contributed by atoms with E-state index in [1.807, 2.05) is 6.92 Å². The van der Waals surface area contributed by atoms with E-state index in [4.69, 9.17) is 15.2 Å². The molecule has 0 aliphatic carbocycles. The molecule has 1 rings (SSSR count). The summed E-state index contributed by atoms with van der Waals surface area (Å²) in [7, 11) is 1.62. The Morgan fingerprint density at radius 1 is 1.69 bits per heavy atom. The Bertz CT molecular complexity index is 217. The maximum absolute atomic E-state index is 11.9. The highest BCUT2D eigenvalue weighted by molar-refractivity contribution is 5.81. The summed E-state index contributed by atoms with van der Waals surface area (Å²) < 4.78 is 10.4. The van der Waals surface area contributed by atoms with Crippen LogP contribution in [0.15, 0.2) is 0 Å². The minimum Gasteiger partial charge on any atom is -0.383 e. The van der Waals surface area contributed by atoms with E-state index in [1.54, 1.807) is 7.11 Å². The molecule has 3 N–H and O–H groups in total. The zero-order valence-electron chi connectivity index (χ0n) is 10.1. The predicted molar refractivity (Wildman–Crippen MR) is 61.0 cm³/mol. The SMILES string of the molecule is COCC(CCN)NC(=O)C1OCCC1C. The highest BCUT2D eigenvalue weighted by Gasteiger charge is 2.31. The zero-order chi connectivity index (χ0) is 12.0. The maximum atomic E-state index is 11.9. The summed E-state index contributed by atoms with van der Waals surface area (Å²) in [6.07, 6.45) is 1.36. The third-order valence-electron chi connectivity index (χ3n) is 2.88. The molecular weight excluding hydrogens is 208 g/mol. The Labute approximate surface area is 96.7 Å². The normalized spacial score (nSPS) is 26.7.